The molecule has 28 heavy (non-hydrogen) atoms. The summed E-state index contributed by atoms with van der Waals surface area (Å²) in [6.45, 7) is 6.28. The lowest BCUT2D eigenvalue weighted by Gasteiger charge is -2.21. The number of carbonyl (C=O) groups is 2. The van der Waals surface area contributed by atoms with E-state index in [2.05, 4.69) is 10.4 Å². The van der Waals surface area contributed by atoms with Crippen LogP contribution >= 0.6 is 11.3 Å². The third kappa shape index (κ3) is 3.60. The molecule has 0 unspecified atom stereocenters. The van der Waals surface area contributed by atoms with Gasteiger partial charge < -0.3 is 10.2 Å². The second-order valence-corrected chi connectivity index (χ2v) is 9.13. The van der Waals surface area contributed by atoms with Gasteiger partial charge in [-0.2, -0.15) is 5.10 Å². The first kappa shape index (κ1) is 19.2. The average molecular weight is 401 g/mol. The van der Waals surface area contributed by atoms with Crippen LogP contribution in [0.3, 0.4) is 0 Å². The van der Waals surface area contributed by atoms with Gasteiger partial charge >= 0.3 is 0 Å². The average Bonchev–Trinajstić information content (AvgIpc) is 3.40. The molecule has 1 saturated heterocycles. The molecule has 2 aromatic rings. The molecular formula is C21H28N4O2S. The van der Waals surface area contributed by atoms with Gasteiger partial charge in [-0.15, -0.1) is 11.3 Å². The summed E-state index contributed by atoms with van der Waals surface area (Å²) >= 11 is 1.63. The fraction of sp³-hybridized carbons (Fsp3) is 0.571. The van der Waals surface area contributed by atoms with Crippen LogP contribution in [0.4, 0.5) is 0 Å². The van der Waals surface area contributed by atoms with Gasteiger partial charge in [-0.3, -0.25) is 14.3 Å². The standard InChI is InChI=1S/C21H28N4O2S/c1-13-17(14(2)24(3)23-13)12-22-20(26)15-6-7-18-16(10-15)11-19(28-18)21(27)25-8-4-5-9-25/h11,15H,4-10,12H2,1-3H3,(H,22,26)/t15-/m0/s1. The number of rotatable bonds is 4. The Morgan fingerprint density at radius 1 is 1.29 bits per heavy atom. The van der Waals surface area contributed by atoms with Crippen molar-refractivity contribution in [1.82, 2.24) is 20.0 Å². The van der Waals surface area contributed by atoms with Gasteiger partial charge in [0, 0.05) is 48.7 Å². The van der Waals surface area contributed by atoms with E-state index < -0.39 is 0 Å². The van der Waals surface area contributed by atoms with Crippen LogP contribution in [-0.4, -0.2) is 39.6 Å². The van der Waals surface area contributed by atoms with Crippen molar-refractivity contribution in [2.45, 2.75) is 52.5 Å². The number of thiophene rings is 1. The van der Waals surface area contributed by atoms with Gasteiger partial charge in [0.2, 0.25) is 5.91 Å². The smallest absolute Gasteiger partial charge is 0.263 e. The van der Waals surface area contributed by atoms with Crippen LogP contribution in [0.2, 0.25) is 0 Å². The fourth-order valence-electron chi connectivity index (χ4n) is 4.32. The van der Waals surface area contributed by atoms with E-state index in [0.29, 0.717) is 6.54 Å². The Balaban J connectivity index is 1.39. The summed E-state index contributed by atoms with van der Waals surface area (Å²) in [6, 6.07) is 2.04. The first-order chi connectivity index (χ1) is 13.4. The molecule has 0 saturated carbocycles. The number of hydrogen-bond acceptors (Lipinski definition) is 4. The molecule has 1 aliphatic carbocycles. The van der Waals surface area contributed by atoms with Gasteiger partial charge in [-0.05, 0) is 57.6 Å². The third-order valence-corrected chi connectivity index (χ3v) is 7.38. The summed E-state index contributed by atoms with van der Waals surface area (Å²) in [4.78, 5) is 29.5. The molecule has 0 bridgehead atoms. The predicted molar refractivity (Wildman–Crippen MR) is 110 cm³/mol. The molecule has 2 aromatic heterocycles. The molecule has 1 atom stereocenters. The molecule has 1 N–H and O–H groups in total. The van der Waals surface area contributed by atoms with Crippen LogP contribution in [-0.2, 0) is 31.2 Å². The summed E-state index contributed by atoms with van der Waals surface area (Å²) in [7, 11) is 1.92. The van der Waals surface area contributed by atoms with E-state index in [4.69, 9.17) is 0 Å². The molecule has 0 aromatic carbocycles. The molecule has 0 spiro atoms. The van der Waals surface area contributed by atoms with Gasteiger partial charge in [0.15, 0.2) is 0 Å². The number of aromatic nitrogens is 2. The van der Waals surface area contributed by atoms with Crippen molar-refractivity contribution in [3.05, 3.63) is 38.3 Å². The third-order valence-electron chi connectivity index (χ3n) is 6.16. The maximum absolute atomic E-state index is 12.8. The van der Waals surface area contributed by atoms with Crippen molar-refractivity contribution >= 4 is 23.2 Å². The molecule has 1 fully saturated rings. The van der Waals surface area contributed by atoms with Crippen LogP contribution in [0.15, 0.2) is 6.07 Å². The van der Waals surface area contributed by atoms with Crippen LogP contribution in [0, 0.1) is 19.8 Å². The summed E-state index contributed by atoms with van der Waals surface area (Å²) in [6.07, 6.45) is 4.68. The second-order valence-electron chi connectivity index (χ2n) is 7.99. The Bertz CT molecular complexity index is 908. The topological polar surface area (TPSA) is 67.2 Å². The molecule has 150 valence electrons. The van der Waals surface area contributed by atoms with E-state index in [-0.39, 0.29) is 17.7 Å². The Hall–Kier alpha value is -2.15. The number of fused-ring (bicyclic) bond motifs is 1. The zero-order valence-electron chi connectivity index (χ0n) is 16.9. The number of amides is 2. The molecule has 7 heteroatoms. The highest BCUT2D eigenvalue weighted by atomic mass is 32.1. The lowest BCUT2D eigenvalue weighted by molar-refractivity contribution is -0.125. The van der Waals surface area contributed by atoms with Gasteiger partial charge in [-0.1, -0.05) is 0 Å². The van der Waals surface area contributed by atoms with Crippen molar-refractivity contribution in [2.24, 2.45) is 13.0 Å². The maximum Gasteiger partial charge on any atom is 0.263 e. The molecule has 2 aliphatic rings. The number of nitrogens with zero attached hydrogens (tertiary/aromatic N) is 3. The van der Waals surface area contributed by atoms with E-state index in [1.165, 1.54) is 10.4 Å². The molecule has 3 heterocycles. The van der Waals surface area contributed by atoms with Gasteiger partial charge in [0.25, 0.3) is 5.91 Å². The zero-order chi connectivity index (χ0) is 19.8. The summed E-state index contributed by atoms with van der Waals surface area (Å²) in [5.41, 5.74) is 4.34. The van der Waals surface area contributed by atoms with E-state index in [1.807, 2.05) is 36.5 Å². The molecule has 4 rings (SSSR count). The van der Waals surface area contributed by atoms with Crippen LogP contribution < -0.4 is 5.32 Å². The zero-order valence-corrected chi connectivity index (χ0v) is 17.7. The quantitative estimate of drug-likeness (QED) is 0.858. The summed E-state index contributed by atoms with van der Waals surface area (Å²) in [5.74, 6) is 0.251. The molecule has 6 nitrogen and oxygen atoms in total. The Morgan fingerprint density at radius 2 is 2.04 bits per heavy atom. The van der Waals surface area contributed by atoms with Crippen LogP contribution in [0.25, 0.3) is 0 Å². The SMILES string of the molecule is Cc1nn(C)c(C)c1CNC(=O)[C@H]1CCc2sc(C(=O)N3CCCC3)cc2C1. The number of hydrogen-bond donors (Lipinski definition) is 1. The van der Waals surface area contributed by atoms with E-state index in [1.54, 1.807) is 11.3 Å². The Morgan fingerprint density at radius 3 is 2.71 bits per heavy atom. The van der Waals surface area contributed by atoms with E-state index in [0.717, 1.165) is 67.0 Å². The monoisotopic (exact) mass is 400 g/mol. The highest BCUT2D eigenvalue weighted by molar-refractivity contribution is 7.14. The highest BCUT2D eigenvalue weighted by Gasteiger charge is 2.29. The van der Waals surface area contributed by atoms with Gasteiger partial charge in [0.05, 0.1) is 10.6 Å². The summed E-state index contributed by atoms with van der Waals surface area (Å²) in [5, 5.41) is 7.52. The van der Waals surface area contributed by atoms with Gasteiger partial charge in [0.1, 0.15) is 0 Å². The maximum atomic E-state index is 12.8. The normalized spacial score (nSPS) is 19.0. The Kier molecular flexibility index (Phi) is 5.27. The van der Waals surface area contributed by atoms with Crippen molar-refractivity contribution < 1.29 is 9.59 Å². The lowest BCUT2D eigenvalue weighted by Crippen LogP contribution is -2.33. The van der Waals surface area contributed by atoms with Gasteiger partial charge in [-0.25, -0.2) is 0 Å². The van der Waals surface area contributed by atoms with Crippen molar-refractivity contribution in [2.75, 3.05) is 13.1 Å². The highest BCUT2D eigenvalue weighted by Crippen LogP contribution is 2.33. The minimum atomic E-state index is -0.0193. The first-order valence-corrected chi connectivity index (χ1v) is 10.9. The minimum Gasteiger partial charge on any atom is -0.352 e. The molecule has 1 aliphatic heterocycles. The largest absolute Gasteiger partial charge is 0.352 e. The van der Waals surface area contributed by atoms with Crippen molar-refractivity contribution in [3.8, 4) is 0 Å². The molecule has 2 amide bonds. The molecule has 0 radical (unpaired) electrons. The number of likely N-dealkylation sites (tertiary alicyclic amines) is 1. The number of carbonyl (C=O) groups excluding carboxylic acids is 2. The van der Waals surface area contributed by atoms with E-state index in [9.17, 15) is 9.59 Å². The summed E-state index contributed by atoms with van der Waals surface area (Å²) < 4.78 is 1.86. The van der Waals surface area contributed by atoms with Crippen LogP contribution in [0.1, 0.15) is 56.3 Å². The second kappa shape index (κ2) is 7.70. The number of nitrogens with one attached hydrogen (secondary N) is 1. The first-order valence-electron chi connectivity index (χ1n) is 10.1. The number of aryl methyl sites for hydroxylation is 3. The van der Waals surface area contributed by atoms with Crippen molar-refractivity contribution in [3.63, 3.8) is 0 Å². The predicted octanol–water partition coefficient (Wildman–Crippen LogP) is 2.76. The minimum absolute atomic E-state index is 0.0193. The Labute approximate surface area is 169 Å². The lowest BCUT2D eigenvalue weighted by atomic mass is 9.87. The van der Waals surface area contributed by atoms with E-state index >= 15 is 0 Å². The van der Waals surface area contributed by atoms with Crippen LogP contribution in [0.5, 0.6) is 0 Å². The molecular weight excluding hydrogens is 372 g/mol. The fourth-order valence-corrected chi connectivity index (χ4v) is 5.50. The van der Waals surface area contributed by atoms with Crippen molar-refractivity contribution in [1.29, 1.82) is 0 Å².